The fourth-order valence-electron chi connectivity index (χ4n) is 3.02. The Morgan fingerprint density at radius 2 is 1.78 bits per heavy atom. The van der Waals surface area contributed by atoms with E-state index in [-0.39, 0.29) is 5.56 Å². The summed E-state index contributed by atoms with van der Waals surface area (Å²) in [5.41, 5.74) is 1.64. The number of nitrogens with one attached hydrogen (secondary N) is 1. The highest BCUT2D eigenvalue weighted by Crippen LogP contribution is 2.30. The van der Waals surface area contributed by atoms with Gasteiger partial charge in [0.25, 0.3) is 5.56 Å². The van der Waals surface area contributed by atoms with Gasteiger partial charge in [-0.3, -0.25) is 9.59 Å². The van der Waals surface area contributed by atoms with Gasteiger partial charge in [0.15, 0.2) is 5.78 Å². The van der Waals surface area contributed by atoms with Gasteiger partial charge < -0.3 is 9.40 Å². The predicted molar refractivity (Wildman–Crippen MR) is 107 cm³/mol. The van der Waals surface area contributed by atoms with Crippen LogP contribution in [0.25, 0.3) is 28.1 Å². The van der Waals surface area contributed by atoms with E-state index in [2.05, 4.69) is 4.98 Å². The summed E-state index contributed by atoms with van der Waals surface area (Å²) in [6.45, 7) is 0. The number of halogens is 1. The second-order valence-electron chi connectivity index (χ2n) is 5.97. The number of para-hydroxylation sites is 1. The first kappa shape index (κ1) is 17.1. The maximum atomic E-state index is 12.9. The molecule has 0 saturated carbocycles. The average molecular weight is 376 g/mol. The average Bonchev–Trinajstić information content (AvgIpc) is 3.19. The van der Waals surface area contributed by atoms with Crippen LogP contribution in [0.3, 0.4) is 0 Å². The summed E-state index contributed by atoms with van der Waals surface area (Å²) < 4.78 is 5.21. The van der Waals surface area contributed by atoms with Crippen molar-refractivity contribution in [2.45, 2.75) is 0 Å². The van der Waals surface area contributed by atoms with Gasteiger partial charge in [-0.05, 0) is 48.0 Å². The molecule has 132 valence electrons. The van der Waals surface area contributed by atoms with Crippen LogP contribution in [0.15, 0.2) is 82.2 Å². The highest BCUT2D eigenvalue weighted by molar-refractivity contribution is 6.30. The van der Waals surface area contributed by atoms with E-state index in [0.717, 1.165) is 10.9 Å². The van der Waals surface area contributed by atoms with Crippen LogP contribution < -0.4 is 5.56 Å². The number of rotatable bonds is 4. The Bertz CT molecular complexity index is 1200. The Hall–Kier alpha value is -3.37. The molecule has 0 amide bonds. The number of carbonyl (C=O) groups is 1. The highest BCUT2D eigenvalue weighted by Gasteiger charge is 2.19. The SMILES string of the molecule is O=C(/C=C\c1ccco1)c1c(-c2ccc(Cl)cc2)c2ccccc2[nH]c1=O. The minimum Gasteiger partial charge on any atom is -0.465 e. The molecule has 27 heavy (non-hydrogen) atoms. The zero-order chi connectivity index (χ0) is 18.8. The molecule has 5 heteroatoms. The summed E-state index contributed by atoms with van der Waals surface area (Å²) in [4.78, 5) is 28.4. The summed E-state index contributed by atoms with van der Waals surface area (Å²) >= 11 is 6.00. The van der Waals surface area contributed by atoms with Crippen LogP contribution in [0.4, 0.5) is 0 Å². The van der Waals surface area contributed by atoms with E-state index in [1.165, 1.54) is 12.3 Å². The number of carbonyl (C=O) groups excluding carboxylic acids is 1. The van der Waals surface area contributed by atoms with Gasteiger partial charge in [0.1, 0.15) is 5.76 Å². The van der Waals surface area contributed by atoms with Gasteiger partial charge in [-0.15, -0.1) is 0 Å². The molecule has 1 N–H and O–H groups in total. The van der Waals surface area contributed by atoms with Crippen LogP contribution in [-0.4, -0.2) is 10.8 Å². The number of furan rings is 1. The fraction of sp³-hybridized carbons (Fsp3) is 0. The van der Waals surface area contributed by atoms with Crippen LogP contribution >= 0.6 is 11.6 Å². The molecule has 0 atom stereocenters. The standard InChI is InChI=1S/C22H14ClNO3/c23-15-9-7-14(8-10-15)20-17-5-1-2-6-18(17)24-22(26)21(20)19(25)12-11-16-4-3-13-27-16/h1-13H,(H,24,26)/b12-11-. The molecule has 4 aromatic rings. The van der Waals surface area contributed by atoms with Crippen LogP contribution in [-0.2, 0) is 0 Å². The van der Waals surface area contributed by atoms with Crippen LogP contribution in [0.2, 0.25) is 5.02 Å². The van der Waals surface area contributed by atoms with Crippen molar-refractivity contribution >= 4 is 34.4 Å². The van der Waals surface area contributed by atoms with Crippen molar-refractivity contribution < 1.29 is 9.21 Å². The van der Waals surface area contributed by atoms with Crippen molar-refractivity contribution in [2.24, 2.45) is 0 Å². The minimum absolute atomic E-state index is 0.0822. The summed E-state index contributed by atoms with van der Waals surface area (Å²) in [5.74, 6) is 0.136. The lowest BCUT2D eigenvalue weighted by molar-refractivity contribution is 0.104. The maximum absolute atomic E-state index is 12.9. The third-order valence-corrected chi connectivity index (χ3v) is 4.50. The fourth-order valence-corrected chi connectivity index (χ4v) is 3.15. The van der Waals surface area contributed by atoms with Gasteiger partial charge in [0.05, 0.1) is 11.8 Å². The molecule has 0 aliphatic rings. The van der Waals surface area contributed by atoms with Gasteiger partial charge in [-0.2, -0.15) is 0 Å². The number of hydrogen-bond acceptors (Lipinski definition) is 3. The van der Waals surface area contributed by atoms with E-state index < -0.39 is 11.3 Å². The van der Waals surface area contributed by atoms with Crippen molar-refractivity contribution in [3.8, 4) is 11.1 Å². The molecule has 2 aromatic carbocycles. The number of pyridine rings is 1. The van der Waals surface area contributed by atoms with Crippen LogP contribution in [0, 0.1) is 0 Å². The second-order valence-corrected chi connectivity index (χ2v) is 6.41. The lowest BCUT2D eigenvalue weighted by Gasteiger charge is -2.11. The zero-order valence-electron chi connectivity index (χ0n) is 14.1. The lowest BCUT2D eigenvalue weighted by Crippen LogP contribution is -2.18. The van der Waals surface area contributed by atoms with Gasteiger partial charge in [0, 0.05) is 21.5 Å². The Labute approximate surface area is 159 Å². The summed E-state index contributed by atoms with van der Waals surface area (Å²) in [6.07, 6.45) is 4.41. The molecular formula is C22H14ClNO3. The van der Waals surface area contributed by atoms with Crippen molar-refractivity contribution in [3.05, 3.63) is 99.7 Å². The molecule has 0 unspecified atom stereocenters. The molecule has 0 spiro atoms. The Morgan fingerprint density at radius 3 is 2.52 bits per heavy atom. The summed E-state index contributed by atoms with van der Waals surface area (Å²) in [5, 5.41) is 1.37. The quantitative estimate of drug-likeness (QED) is 0.387. The first-order chi connectivity index (χ1) is 13.1. The van der Waals surface area contributed by atoms with Crippen molar-refractivity contribution in [1.29, 1.82) is 0 Å². The van der Waals surface area contributed by atoms with Gasteiger partial charge in [-0.25, -0.2) is 0 Å². The van der Waals surface area contributed by atoms with Crippen molar-refractivity contribution in [2.75, 3.05) is 0 Å². The second kappa shape index (κ2) is 7.09. The number of allylic oxidation sites excluding steroid dienone is 1. The zero-order valence-corrected chi connectivity index (χ0v) is 14.9. The molecular weight excluding hydrogens is 362 g/mol. The van der Waals surface area contributed by atoms with Gasteiger partial charge in [0.2, 0.25) is 0 Å². The molecule has 0 radical (unpaired) electrons. The normalized spacial score (nSPS) is 11.3. The number of fused-ring (bicyclic) bond motifs is 1. The number of ketones is 1. The molecule has 0 aliphatic carbocycles. The Balaban J connectivity index is 1.95. The smallest absolute Gasteiger partial charge is 0.260 e. The lowest BCUT2D eigenvalue weighted by atomic mass is 9.94. The first-order valence-corrected chi connectivity index (χ1v) is 8.68. The minimum atomic E-state index is -0.437. The molecule has 2 aromatic heterocycles. The first-order valence-electron chi connectivity index (χ1n) is 8.30. The number of H-pyrrole nitrogens is 1. The molecule has 0 saturated heterocycles. The number of aromatic amines is 1. The molecule has 0 aliphatic heterocycles. The van der Waals surface area contributed by atoms with Gasteiger partial charge >= 0.3 is 0 Å². The van der Waals surface area contributed by atoms with Crippen molar-refractivity contribution in [1.82, 2.24) is 4.98 Å². The summed E-state index contributed by atoms with van der Waals surface area (Å²) in [6, 6.07) is 17.9. The molecule has 4 nitrogen and oxygen atoms in total. The summed E-state index contributed by atoms with van der Waals surface area (Å²) in [7, 11) is 0. The van der Waals surface area contributed by atoms with Crippen LogP contribution in [0.1, 0.15) is 16.1 Å². The van der Waals surface area contributed by atoms with E-state index in [0.29, 0.717) is 21.9 Å². The third kappa shape index (κ3) is 3.35. The predicted octanol–water partition coefficient (Wildman–Crippen LogP) is 5.34. The largest absolute Gasteiger partial charge is 0.465 e. The molecule has 2 heterocycles. The molecule has 0 bridgehead atoms. The van der Waals surface area contributed by atoms with E-state index in [9.17, 15) is 9.59 Å². The number of hydrogen-bond donors (Lipinski definition) is 1. The number of aromatic nitrogens is 1. The topological polar surface area (TPSA) is 63.1 Å². The van der Waals surface area contributed by atoms with Gasteiger partial charge in [-0.1, -0.05) is 41.9 Å². The van der Waals surface area contributed by atoms with E-state index in [1.807, 2.05) is 24.3 Å². The highest BCUT2D eigenvalue weighted by atomic mass is 35.5. The monoisotopic (exact) mass is 375 g/mol. The van der Waals surface area contributed by atoms with Crippen LogP contribution in [0.5, 0.6) is 0 Å². The molecule has 0 fully saturated rings. The maximum Gasteiger partial charge on any atom is 0.260 e. The van der Waals surface area contributed by atoms with E-state index in [1.54, 1.807) is 42.5 Å². The third-order valence-electron chi connectivity index (χ3n) is 4.24. The molecule has 4 rings (SSSR count). The van der Waals surface area contributed by atoms with Crippen molar-refractivity contribution in [3.63, 3.8) is 0 Å². The Kier molecular flexibility index (Phi) is 4.48. The Morgan fingerprint density at radius 1 is 1.00 bits per heavy atom. The van der Waals surface area contributed by atoms with E-state index in [4.69, 9.17) is 16.0 Å². The van der Waals surface area contributed by atoms with E-state index >= 15 is 0 Å². The number of benzene rings is 2.